The molecule has 0 bridgehead atoms. The first-order chi connectivity index (χ1) is 15.6. The fourth-order valence-corrected chi connectivity index (χ4v) is 4.71. The van der Waals surface area contributed by atoms with Crippen LogP contribution in [-0.2, 0) is 4.74 Å². The minimum absolute atomic E-state index is 0.0667. The van der Waals surface area contributed by atoms with Gasteiger partial charge >= 0.3 is 0 Å². The number of benzene rings is 1. The minimum Gasteiger partial charge on any atom is -0.455 e. The Morgan fingerprint density at radius 2 is 2.00 bits per heavy atom. The molecule has 2 N–H and O–H groups in total. The van der Waals surface area contributed by atoms with Crippen molar-refractivity contribution in [1.82, 2.24) is 19.7 Å². The molecule has 0 spiro atoms. The summed E-state index contributed by atoms with van der Waals surface area (Å²) >= 11 is 0. The highest BCUT2D eigenvalue weighted by Gasteiger charge is 2.29. The van der Waals surface area contributed by atoms with Crippen LogP contribution in [0.5, 0.6) is 0 Å². The molecular weight excluding hydrogens is 402 g/mol. The molecule has 2 aliphatic heterocycles. The van der Waals surface area contributed by atoms with Crippen LogP contribution in [0.2, 0.25) is 0 Å². The molecule has 1 saturated heterocycles. The molecule has 4 heterocycles. The number of ether oxygens (including phenoxy) is 1. The largest absolute Gasteiger partial charge is 0.455 e. The Morgan fingerprint density at radius 1 is 1.12 bits per heavy atom. The van der Waals surface area contributed by atoms with E-state index < -0.39 is 0 Å². The van der Waals surface area contributed by atoms with Gasteiger partial charge < -0.3 is 15.4 Å². The van der Waals surface area contributed by atoms with Crippen LogP contribution >= 0.6 is 0 Å². The van der Waals surface area contributed by atoms with Crippen molar-refractivity contribution in [3.8, 4) is 0 Å². The first kappa shape index (κ1) is 19.0. The number of fused-ring (bicyclic) bond motifs is 2. The fraction of sp³-hybridized carbons (Fsp3) is 0.333. The zero-order chi connectivity index (χ0) is 21.7. The molecule has 0 saturated carbocycles. The Hall–Kier alpha value is -3.68. The van der Waals surface area contributed by atoms with Gasteiger partial charge in [-0.25, -0.2) is 9.98 Å². The number of amidine groups is 1. The lowest BCUT2D eigenvalue weighted by atomic mass is 9.95. The van der Waals surface area contributed by atoms with Gasteiger partial charge in [-0.15, -0.1) is 0 Å². The molecule has 1 aromatic carbocycles. The summed E-state index contributed by atoms with van der Waals surface area (Å²) in [6, 6.07) is 8.91. The monoisotopic (exact) mass is 427 g/mol. The first-order valence-corrected chi connectivity index (χ1v) is 11.1. The maximum atomic E-state index is 5.72. The number of anilines is 1. The lowest BCUT2D eigenvalue weighted by molar-refractivity contribution is 0.251. The van der Waals surface area contributed by atoms with Gasteiger partial charge in [-0.2, -0.15) is 5.10 Å². The highest BCUT2D eigenvalue weighted by atomic mass is 16.5. The average Bonchev–Trinajstić information content (AvgIpc) is 3.42. The minimum atomic E-state index is -0.0980. The van der Waals surface area contributed by atoms with Crippen LogP contribution in [0.1, 0.15) is 30.1 Å². The fourth-order valence-electron chi connectivity index (χ4n) is 4.71. The van der Waals surface area contributed by atoms with Gasteiger partial charge in [-0.1, -0.05) is 12.1 Å². The van der Waals surface area contributed by atoms with Gasteiger partial charge in [0.15, 0.2) is 0 Å². The molecule has 2 atom stereocenters. The van der Waals surface area contributed by atoms with E-state index in [1.165, 1.54) is 0 Å². The summed E-state index contributed by atoms with van der Waals surface area (Å²) in [6.07, 6.45) is 12.2. The molecule has 0 radical (unpaired) electrons. The SMILES string of the molecule is Cc1ccn(C2CCN(c3cnc4ccc(C5=CC6N=C(N)OC6C=C5)cc4n3)CC2)n1. The predicted molar refractivity (Wildman–Crippen MR) is 124 cm³/mol. The predicted octanol–water partition coefficient (Wildman–Crippen LogP) is 3.01. The van der Waals surface area contributed by atoms with E-state index >= 15 is 0 Å². The van der Waals surface area contributed by atoms with Crippen molar-refractivity contribution in [2.75, 3.05) is 18.0 Å². The third-order valence-electron chi connectivity index (χ3n) is 6.45. The zero-order valence-electron chi connectivity index (χ0n) is 17.9. The van der Waals surface area contributed by atoms with Crippen LogP contribution in [-0.4, -0.2) is 51.0 Å². The number of aliphatic imine (C=N–C) groups is 1. The van der Waals surface area contributed by atoms with E-state index in [9.17, 15) is 0 Å². The molecule has 0 amide bonds. The van der Waals surface area contributed by atoms with Crippen molar-refractivity contribution in [2.45, 2.75) is 38.0 Å². The Bertz CT molecular complexity index is 1270. The van der Waals surface area contributed by atoms with Crippen LogP contribution in [0.25, 0.3) is 16.6 Å². The number of allylic oxidation sites excluding steroid dienone is 2. The molecule has 8 nitrogen and oxygen atoms in total. The smallest absolute Gasteiger partial charge is 0.283 e. The molecule has 1 fully saturated rings. The number of nitrogens with two attached hydrogens (primary N) is 1. The van der Waals surface area contributed by atoms with Crippen molar-refractivity contribution in [1.29, 1.82) is 0 Å². The van der Waals surface area contributed by atoms with Crippen LogP contribution < -0.4 is 10.6 Å². The van der Waals surface area contributed by atoms with Crippen LogP contribution in [0, 0.1) is 6.92 Å². The second-order valence-corrected chi connectivity index (χ2v) is 8.61. The van der Waals surface area contributed by atoms with Crippen molar-refractivity contribution in [3.05, 3.63) is 66.1 Å². The second-order valence-electron chi connectivity index (χ2n) is 8.61. The van der Waals surface area contributed by atoms with Gasteiger partial charge in [0.25, 0.3) is 6.02 Å². The molecule has 32 heavy (non-hydrogen) atoms. The number of aromatic nitrogens is 4. The van der Waals surface area contributed by atoms with Crippen LogP contribution in [0.4, 0.5) is 5.82 Å². The van der Waals surface area contributed by atoms with E-state index in [2.05, 4.69) is 61.2 Å². The second kappa shape index (κ2) is 7.47. The highest BCUT2D eigenvalue weighted by molar-refractivity contribution is 5.85. The number of nitrogens with zero attached hydrogens (tertiary/aromatic N) is 6. The van der Waals surface area contributed by atoms with Crippen molar-refractivity contribution < 1.29 is 4.74 Å². The third-order valence-corrected chi connectivity index (χ3v) is 6.45. The number of rotatable bonds is 3. The highest BCUT2D eigenvalue weighted by Crippen LogP contribution is 2.30. The van der Waals surface area contributed by atoms with Crippen LogP contribution in [0.15, 0.2) is 59.9 Å². The summed E-state index contributed by atoms with van der Waals surface area (Å²) in [5, 5.41) is 4.59. The van der Waals surface area contributed by atoms with E-state index in [0.29, 0.717) is 6.04 Å². The molecule has 3 aromatic rings. The molecule has 3 aliphatic rings. The molecular formula is C24H25N7O. The quantitative estimate of drug-likeness (QED) is 0.691. The van der Waals surface area contributed by atoms with Crippen molar-refractivity contribution in [2.24, 2.45) is 10.7 Å². The number of aryl methyl sites for hydroxylation is 1. The molecule has 8 heteroatoms. The average molecular weight is 428 g/mol. The number of hydrogen-bond donors (Lipinski definition) is 1. The summed E-state index contributed by atoms with van der Waals surface area (Å²) < 4.78 is 7.61. The summed E-state index contributed by atoms with van der Waals surface area (Å²) in [5.74, 6) is 0.930. The van der Waals surface area contributed by atoms with E-state index in [0.717, 1.165) is 59.6 Å². The van der Waals surface area contributed by atoms with E-state index in [-0.39, 0.29) is 18.2 Å². The Labute approximate surface area is 186 Å². The molecule has 1 aliphatic carbocycles. The first-order valence-electron chi connectivity index (χ1n) is 11.1. The van der Waals surface area contributed by atoms with E-state index in [4.69, 9.17) is 15.5 Å². The number of piperidine rings is 1. The molecule has 2 unspecified atom stereocenters. The maximum Gasteiger partial charge on any atom is 0.283 e. The topological polar surface area (TPSA) is 94.5 Å². The Kier molecular flexibility index (Phi) is 4.45. The standard InChI is InChI=1S/C24H25N7O/c1-15-6-11-31(29-15)18-7-9-30(10-8-18)23-14-26-19-4-2-16(12-20(19)27-23)17-3-5-22-21(13-17)28-24(25)32-22/h2-6,11-14,18,21-22H,7-10H2,1H3,(H2,25,28). The summed E-state index contributed by atoms with van der Waals surface area (Å²) in [6.45, 7) is 3.92. The van der Waals surface area contributed by atoms with Gasteiger partial charge in [0.2, 0.25) is 0 Å². The van der Waals surface area contributed by atoms with Gasteiger partial charge in [0.1, 0.15) is 18.0 Å². The summed E-state index contributed by atoms with van der Waals surface area (Å²) in [7, 11) is 0. The summed E-state index contributed by atoms with van der Waals surface area (Å²) in [5.41, 5.74) is 10.8. The third kappa shape index (κ3) is 3.41. The van der Waals surface area contributed by atoms with Crippen molar-refractivity contribution >= 4 is 28.4 Å². The van der Waals surface area contributed by atoms with Gasteiger partial charge in [0.05, 0.1) is 29.0 Å². The number of hydrogen-bond acceptors (Lipinski definition) is 7. The van der Waals surface area contributed by atoms with E-state index in [1.54, 1.807) is 0 Å². The van der Waals surface area contributed by atoms with E-state index in [1.807, 2.05) is 25.3 Å². The van der Waals surface area contributed by atoms with Gasteiger partial charge in [-0.3, -0.25) is 9.67 Å². The van der Waals surface area contributed by atoms with Crippen molar-refractivity contribution in [3.63, 3.8) is 0 Å². The molecule has 162 valence electrons. The zero-order valence-corrected chi connectivity index (χ0v) is 17.9. The normalized spacial score (nSPS) is 23.1. The van der Waals surface area contributed by atoms with Gasteiger partial charge in [-0.05, 0) is 61.3 Å². The molecule has 2 aromatic heterocycles. The summed E-state index contributed by atoms with van der Waals surface area (Å²) in [4.78, 5) is 16.3. The Morgan fingerprint density at radius 3 is 2.81 bits per heavy atom. The maximum absolute atomic E-state index is 5.72. The lowest BCUT2D eigenvalue weighted by Crippen LogP contribution is -2.35. The Balaban J connectivity index is 1.23. The van der Waals surface area contributed by atoms with Crippen LogP contribution in [0.3, 0.4) is 0 Å². The lowest BCUT2D eigenvalue weighted by Gasteiger charge is -2.32. The molecule has 6 rings (SSSR count). The van der Waals surface area contributed by atoms with Gasteiger partial charge in [0, 0.05) is 19.3 Å².